The Morgan fingerprint density at radius 3 is 2.77 bits per heavy atom. The number of hydrogen-bond donors (Lipinski definition) is 0. The Morgan fingerprint density at radius 2 is 2.00 bits per heavy atom. The van der Waals surface area contributed by atoms with Crippen LogP contribution in [0.2, 0.25) is 0 Å². The van der Waals surface area contributed by atoms with Gasteiger partial charge in [0.1, 0.15) is 10.8 Å². The molecule has 30 heavy (non-hydrogen) atoms. The Labute approximate surface area is 179 Å². The molecule has 1 aromatic heterocycles. The van der Waals surface area contributed by atoms with Gasteiger partial charge in [0.05, 0.1) is 32.0 Å². The van der Waals surface area contributed by atoms with E-state index in [0.29, 0.717) is 29.4 Å². The van der Waals surface area contributed by atoms with Crippen LogP contribution in [0.1, 0.15) is 23.2 Å². The van der Waals surface area contributed by atoms with Crippen molar-refractivity contribution in [3.05, 3.63) is 58.3 Å². The number of carbonyl (C=O) groups is 1. The van der Waals surface area contributed by atoms with Crippen molar-refractivity contribution in [2.24, 2.45) is 0 Å². The fraction of sp³-hybridized carbons (Fsp3) is 0.304. The molecule has 0 bridgehead atoms. The molecule has 1 aliphatic heterocycles. The average Bonchev–Trinajstić information content (AvgIpc) is 3.20. The number of aromatic nitrogens is 1. The van der Waals surface area contributed by atoms with E-state index in [0.717, 1.165) is 34.5 Å². The first-order valence-electron chi connectivity index (χ1n) is 9.76. The number of fused-ring (bicyclic) bond motifs is 1. The summed E-state index contributed by atoms with van der Waals surface area (Å²) in [4.78, 5) is 19.2. The Kier molecular flexibility index (Phi) is 5.72. The average molecular weight is 427 g/mol. The Hall–Kier alpha value is -2.93. The summed E-state index contributed by atoms with van der Waals surface area (Å²) >= 11 is 1.46. The molecule has 0 radical (unpaired) electrons. The van der Waals surface area contributed by atoms with Crippen molar-refractivity contribution in [1.29, 1.82) is 0 Å². The second-order valence-corrected chi connectivity index (χ2v) is 8.15. The predicted molar refractivity (Wildman–Crippen MR) is 116 cm³/mol. The van der Waals surface area contributed by atoms with Gasteiger partial charge in [0.15, 0.2) is 11.5 Å². The first-order valence-corrected chi connectivity index (χ1v) is 10.6. The number of aryl methyl sites for hydroxylation is 2. The first kappa shape index (κ1) is 20.3. The van der Waals surface area contributed by atoms with Gasteiger partial charge in [-0.25, -0.2) is 9.37 Å². The molecule has 3 aromatic rings. The van der Waals surface area contributed by atoms with Crippen LogP contribution in [0, 0.1) is 12.7 Å². The number of benzene rings is 2. The van der Waals surface area contributed by atoms with Gasteiger partial charge in [-0.2, -0.15) is 0 Å². The number of carbonyl (C=O) groups excluding carboxylic acids is 1. The van der Waals surface area contributed by atoms with Crippen LogP contribution in [-0.4, -0.2) is 31.7 Å². The van der Waals surface area contributed by atoms with E-state index in [1.165, 1.54) is 17.4 Å². The van der Waals surface area contributed by atoms with Crippen LogP contribution < -0.4 is 14.4 Å². The molecule has 0 fully saturated rings. The number of nitrogens with zero attached hydrogens (tertiary/aromatic N) is 2. The molecule has 4 rings (SSSR count). The molecule has 0 aliphatic carbocycles. The highest BCUT2D eigenvalue weighted by Crippen LogP contribution is 2.34. The maximum atomic E-state index is 14.6. The van der Waals surface area contributed by atoms with Crippen molar-refractivity contribution in [2.45, 2.75) is 26.2 Å². The molecule has 2 aromatic carbocycles. The summed E-state index contributed by atoms with van der Waals surface area (Å²) in [7, 11) is 3.18. The van der Waals surface area contributed by atoms with Gasteiger partial charge in [-0.1, -0.05) is 6.07 Å². The Bertz CT molecular complexity index is 1100. The third-order valence-corrected chi connectivity index (χ3v) is 6.14. The van der Waals surface area contributed by atoms with Gasteiger partial charge >= 0.3 is 0 Å². The fourth-order valence-electron chi connectivity index (χ4n) is 3.83. The van der Waals surface area contributed by atoms with Crippen LogP contribution in [0.3, 0.4) is 0 Å². The molecule has 0 unspecified atom stereocenters. The highest BCUT2D eigenvalue weighted by Gasteiger charge is 2.26. The second kappa shape index (κ2) is 8.44. The number of amides is 1. The van der Waals surface area contributed by atoms with E-state index in [9.17, 15) is 9.18 Å². The van der Waals surface area contributed by atoms with Gasteiger partial charge in [0.2, 0.25) is 5.91 Å². The maximum Gasteiger partial charge on any atom is 0.233 e. The van der Waals surface area contributed by atoms with E-state index in [1.54, 1.807) is 19.1 Å². The van der Waals surface area contributed by atoms with Gasteiger partial charge in [-0.15, -0.1) is 11.3 Å². The summed E-state index contributed by atoms with van der Waals surface area (Å²) in [6.45, 7) is 2.40. The minimum absolute atomic E-state index is 0.135. The normalized spacial score (nSPS) is 13.1. The van der Waals surface area contributed by atoms with E-state index < -0.39 is 0 Å². The smallest absolute Gasteiger partial charge is 0.233 e. The van der Waals surface area contributed by atoms with Crippen LogP contribution in [0.4, 0.5) is 10.1 Å². The van der Waals surface area contributed by atoms with Crippen molar-refractivity contribution in [1.82, 2.24) is 4.98 Å². The van der Waals surface area contributed by atoms with Gasteiger partial charge < -0.3 is 14.4 Å². The molecule has 5 nitrogen and oxygen atoms in total. The molecule has 0 saturated heterocycles. The largest absolute Gasteiger partial charge is 0.493 e. The lowest BCUT2D eigenvalue weighted by atomic mass is 9.98. The molecular weight excluding hydrogens is 403 g/mol. The zero-order chi connectivity index (χ0) is 21.3. The van der Waals surface area contributed by atoms with E-state index in [2.05, 4.69) is 4.98 Å². The fourth-order valence-corrected chi connectivity index (χ4v) is 4.65. The molecule has 0 N–H and O–H groups in total. The molecule has 1 aliphatic rings. The summed E-state index contributed by atoms with van der Waals surface area (Å²) in [5.74, 6) is 0.804. The summed E-state index contributed by atoms with van der Waals surface area (Å²) < 4.78 is 25.2. The SMILES string of the molecule is COc1ccc(-c2nc(CC(=O)N3CCCc4cc(C)cc(F)c43)cs2)cc1OC. The number of methoxy groups -OCH3 is 2. The quantitative estimate of drug-likeness (QED) is 0.588. The molecule has 156 valence electrons. The first-order chi connectivity index (χ1) is 14.5. The highest BCUT2D eigenvalue weighted by molar-refractivity contribution is 7.13. The third-order valence-electron chi connectivity index (χ3n) is 5.20. The van der Waals surface area contributed by atoms with Crippen molar-refractivity contribution >= 4 is 22.9 Å². The molecule has 0 spiro atoms. The van der Waals surface area contributed by atoms with Crippen LogP contribution in [-0.2, 0) is 17.6 Å². The van der Waals surface area contributed by atoms with Gasteiger partial charge in [-0.05, 0) is 55.2 Å². The minimum atomic E-state index is -0.331. The molecule has 2 heterocycles. The van der Waals surface area contributed by atoms with Crippen LogP contribution >= 0.6 is 11.3 Å². The van der Waals surface area contributed by atoms with E-state index in [1.807, 2.05) is 36.6 Å². The number of thiazole rings is 1. The van der Waals surface area contributed by atoms with E-state index >= 15 is 0 Å². The van der Waals surface area contributed by atoms with Crippen LogP contribution in [0.25, 0.3) is 10.6 Å². The number of ether oxygens (including phenoxy) is 2. The lowest BCUT2D eigenvalue weighted by Gasteiger charge is -2.30. The lowest BCUT2D eigenvalue weighted by Crippen LogP contribution is -2.37. The number of halogens is 1. The van der Waals surface area contributed by atoms with Gasteiger partial charge in [0.25, 0.3) is 0 Å². The van der Waals surface area contributed by atoms with Gasteiger partial charge in [0, 0.05) is 17.5 Å². The van der Waals surface area contributed by atoms with Crippen molar-refractivity contribution in [2.75, 3.05) is 25.7 Å². The summed E-state index contributed by atoms with van der Waals surface area (Å²) in [5.41, 5.74) is 3.76. The summed E-state index contributed by atoms with van der Waals surface area (Å²) in [6.07, 6.45) is 1.75. The molecule has 1 amide bonds. The third kappa shape index (κ3) is 3.89. The summed E-state index contributed by atoms with van der Waals surface area (Å²) in [5, 5.41) is 2.67. The summed E-state index contributed by atoms with van der Waals surface area (Å²) in [6, 6.07) is 9.06. The number of rotatable bonds is 5. The van der Waals surface area contributed by atoms with Crippen molar-refractivity contribution in [3.8, 4) is 22.1 Å². The van der Waals surface area contributed by atoms with Crippen molar-refractivity contribution in [3.63, 3.8) is 0 Å². The molecule has 0 saturated carbocycles. The van der Waals surface area contributed by atoms with E-state index in [4.69, 9.17) is 9.47 Å². The Morgan fingerprint density at radius 1 is 1.20 bits per heavy atom. The zero-order valence-electron chi connectivity index (χ0n) is 17.2. The monoisotopic (exact) mass is 426 g/mol. The number of hydrogen-bond acceptors (Lipinski definition) is 5. The van der Waals surface area contributed by atoms with Crippen LogP contribution in [0.15, 0.2) is 35.7 Å². The van der Waals surface area contributed by atoms with Crippen LogP contribution in [0.5, 0.6) is 11.5 Å². The van der Waals surface area contributed by atoms with E-state index in [-0.39, 0.29) is 18.1 Å². The Balaban J connectivity index is 1.55. The zero-order valence-corrected chi connectivity index (χ0v) is 18.0. The molecule has 7 heteroatoms. The van der Waals surface area contributed by atoms with Gasteiger partial charge in [-0.3, -0.25) is 4.79 Å². The second-order valence-electron chi connectivity index (χ2n) is 7.29. The van der Waals surface area contributed by atoms with Crippen molar-refractivity contribution < 1.29 is 18.7 Å². The predicted octanol–water partition coefficient (Wildman–Crippen LogP) is 4.80. The standard InChI is InChI=1S/C23H23FN2O3S/c1-14-9-15-5-4-8-26(22(15)18(24)10-14)21(27)12-17-13-30-23(25-17)16-6-7-19(28-2)20(11-16)29-3/h6-7,9-11,13H,4-5,8,12H2,1-3H3. The molecular formula is C23H23FN2O3S. The molecule has 0 atom stereocenters. The minimum Gasteiger partial charge on any atom is -0.493 e. The highest BCUT2D eigenvalue weighted by atomic mass is 32.1. The topological polar surface area (TPSA) is 51.7 Å². The maximum absolute atomic E-state index is 14.6. The number of anilines is 1. The lowest BCUT2D eigenvalue weighted by molar-refractivity contribution is -0.118.